The molecule has 0 bridgehead atoms. The van der Waals surface area contributed by atoms with Gasteiger partial charge >= 0.3 is 12.3 Å². The first-order valence-corrected chi connectivity index (χ1v) is 7.72. The zero-order chi connectivity index (χ0) is 19.0. The molecule has 0 saturated carbocycles. The fourth-order valence-corrected chi connectivity index (χ4v) is 2.44. The molecule has 1 aromatic carbocycles. The minimum Gasteiger partial charge on any atom is -0.444 e. The molecule has 0 radical (unpaired) electrons. The van der Waals surface area contributed by atoms with Crippen LogP contribution in [0.3, 0.4) is 0 Å². The first-order chi connectivity index (χ1) is 11.4. The monoisotopic (exact) mass is 360 g/mol. The van der Waals surface area contributed by atoms with Crippen LogP contribution in [0.25, 0.3) is 10.9 Å². The molecule has 1 heterocycles. The van der Waals surface area contributed by atoms with Crippen molar-refractivity contribution in [1.29, 1.82) is 0 Å². The Morgan fingerprint density at radius 3 is 2.48 bits per heavy atom. The van der Waals surface area contributed by atoms with Crippen LogP contribution in [0.15, 0.2) is 24.4 Å². The molecule has 0 saturated heterocycles. The minimum atomic E-state index is -4.77. The van der Waals surface area contributed by atoms with E-state index in [4.69, 9.17) is 4.74 Å². The van der Waals surface area contributed by atoms with Gasteiger partial charge in [0.15, 0.2) is 0 Å². The number of carbonyl (C=O) groups excluding carboxylic acids is 1. The van der Waals surface area contributed by atoms with Crippen LogP contribution >= 0.6 is 0 Å². The van der Waals surface area contributed by atoms with E-state index in [-0.39, 0.29) is 12.1 Å². The Morgan fingerprint density at radius 1 is 1.28 bits per heavy atom. The maximum absolute atomic E-state index is 13.6. The summed E-state index contributed by atoms with van der Waals surface area (Å²) < 4.78 is 58.9. The molecule has 2 rings (SSSR count). The van der Waals surface area contributed by atoms with Crippen molar-refractivity contribution in [1.82, 2.24) is 9.88 Å². The van der Waals surface area contributed by atoms with Crippen LogP contribution in [0.1, 0.15) is 33.3 Å². The summed E-state index contributed by atoms with van der Waals surface area (Å²) in [6.45, 7) is 7.09. The summed E-state index contributed by atoms with van der Waals surface area (Å²) in [5.41, 5.74) is -1.72. The van der Waals surface area contributed by atoms with Gasteiger partial charge < -0.3 is 14.6 Å². The fraction of sp³-hybridized carbons (Fsp3) is 0.471. The van der Waals surface area contributed by atoms with Crippen molar-refractivity contribution in [2.75, 3.05) is 0 Å². The first-order valence-electron chi connectivity index (χ1n) is 7.72. The first kappa shape index (κ1) is 19.1. The van der Waals surface area contributed by atoms with Gasteiger partial charge in [0.25, 0.3) is 0 Å². The Kier molecular flexibility index (Phi) is 5.02. The molecular formula is C17H20F4N2O2. The van der Waals surface area contributed by atoms with Gasteiger partial charge in [0, 0.05) is 29.7 Å². The topological polar surface area (TPSA) is 43.3 Å². The third kappa shape index (κ3) is 4.87. The van der Waals surface area contributed by atoms with Crippen LogP contribution in [0.4, 0.5) is 22.4 Å². The van der Waals surface area contributed by atoms with Crippen LogP contribution in [0.5, 0.6) is 0 Å². The Hall–Kier alpha value is -2.25. The van der Waals surface area contributed by atoms with E-state index >= 15 is 0 Å². The van der Waals surface area contributed by atoms with E-state index in [0.717, 1.165) is 12.1 Å². The number of nitrogens with zero attached hydrogens (tertiary/aromatic N) is 1. The Labute approximate surface area is 142 Å². The van der Waals surface area contributed by atoms with Gasteiger partial charge in [0.1, 0.15) is 11.4 Å². The highest BCUT2D eigenvalue weighted by atomic mass is 19.4. The molecule has 8 heteroatoms. The van der Waals surface area contributed by atoms with Gasteiger partial charge in [-0.15, -0.1) is 0 Å². The number of fused-ring (bicyclic) bond motifs is 1. The highest BCUT2D eigenvalue weighted by molar-refractivity contribution is 5.81. The summed E-state index contributed by atoms with van der Waals surface area (Å²) in [6, 6.07) is 2.77. The lowest BCUT2D eigenvalue weighted by Gasteiger charge is -2.22. The van der Waals surface area contributed by atoms with Crippen molar-refractivity contribution in [3.8, 4) is 0 Å². The molecule has 1 N–H and O–H groups in total. The van der Waals surface area contributed by atoms with Crippen molar-refractivity contribution in [3.63, 3.8) is 0 Å². The van der Waals surface area contributed by atoms with Gasteiger partial charge in [-0.1, -0.05) is 0 Å². The average Bonchev–Trinajstić information content (AvgIpc) is 2.76. The van der Waals surface area contributed by atoms with Gasteiger partial charge in [-0.05, 0) is 45.9 Å². The molecule has 1 unspecified atom stereocenters. The van der Waals surface area contributed by atoms with E-state index in [9.17, 15) is 22.4 Å². The highest BCUT2D eigenvalue weighted by Crippen LogP contribution is 2.34. The fourth-order valence-electron chi connectivity index (χ4n) is 2.44. The third-order valence-electron chi connectivity index (χ3n) is 3.40. The highest BCUT2D eigenvalue weighted by Gasteiger charge is 2.34. The van der Waals surface area contributed by atoms with Gasteiger partial charge in [-0.25, -0.2) is 9.18 Å². The van der Waals surface area contributed by atoms with Crippen molar-refractivity contribution in [2.24, 2.45) is 0 Å². The molecule has 2 aromatic rings. The number of hydrogen-bond acceptors (Lipinski definition) is 2. The predicted octanol–water partition coefficient (Wildman–Crippen LogP) is 4.71. The summed E-state index contributed by atoms with van der Waals surface area (Å²) in [5, 5.41) is 2.97. The Balaban J connectivity index is 2.20. The molecule has 25 heavy (non-hydrogen) atoms. The molecule has 0 spiro atoms. The third-order valence-corrected chi connectivity index (χ3v) is 3.40. The molecule has 0 aliphatic carbocycles. The number of nitrogens with one attached hydrogen (secondary N) is 1. The quantitative estimate of drug-likeness (QED) is 0.806. The number of alkyl halides is 3. The second-order valence-corrected chi connectivity index (χ2v) is 6.90. The standard InChI is InChI=1S/C17H20F4N2O2/c1-10(22-15(24)25-16(2,3)4)9-23-6-5-11-7-13(18)12(8-14(11)23)17(19,20)21/h5-8,10H,9H2,1-4H3,(H,22,24). The Bertz CT molecular complexity index is 775. The molecule has 1 aromatic heterocycles. The minimum absolute atomic E-state index is 0.214. The lowest BCUT2D eigenvalue weighted by molar-refractivity contribution is -0.139. The van der Waals surface area contributed by atoms with Crippen LogP contribution < -0.4 is 5.32 Å². The van der Waals surface area contributed by atoms with Crippen LogP contribution in [0, 0.1) is 5.82 Å². The van der Waals surface area contributed by atoms with E-state index in [2.05, 4.69) is 5.32 Å². The SMILES string of the molecule is CC(Cn1ccc2cc(F)c(C(F)(F)F)cc21)NC(=O)OC(C)(C)C. The Morgan fingerprint density at radius 2 is 1.92 bits per heavy atom. The molecule has 138 valence electrons. The molecule has 1 amide bonds. The van der Waals surface area contributed by atoms with Gasteiger partial charge in [-0.2, -0.15) is 13.2 Å². The van der Waals surface area contributed by atoms with Gasteiger partial charge in [0.2, 0.25) is 0 Å². The lowest BCUT2D eigenvalue weighted by Crippen LogP contribution is -2.39. The lowest BCUT2D eigenvalue weighted by atomic mass is 10.1. The largest absolute Gasteiger partial charge is 0.444 e. The maximum Gasteiger partial charge on any atom is 0.419 e. The molecule has 0 aliphatic rings. The second kappa shape index (κ2) is 6.57. The number of benzene rings is 1. The van der Waals surface area contributed by atoms with E-state index in [1.165, 1.54) is 10.6 Å². The normalized spacial score (nSPS) is 13.8. The number of aromatic nitrogens is 1. The maximum atomic E-state index is 13.6. The van der Waals surface area contributed by atoms with Crippen molar-refractivity contribution < 1.29 is 27.1 Å². The average molecular weight is 360 g/mol. The summed E-state index contributed by atoms with van der Waals surface area (Å²) >= 11 is 0. The number of halogens is 4. The summed E-state index contributed by atoms with van der Waals surface area (Å²) in [5.74, 6) is -1.31. The van der Waals surface area contributed by atoms with E-state index in [0.29, 0.717) is 5.39 Å². The van der Waals surface area contributed by atoms with E-state index in [1.807, 2.05) is 0 Å². The number of rotatable bonds is 3. The number of alkyl carbamates (subject to hydrolysis) is 1. The van der Waals surface area contributed by atoms with Crippen molar-refractivity contribution >= 4 is 17.0 Å². The predicted molar refractivity (Wildman–Crippen MR) is 85.7 cm³/mol. The van der Waals surface area contributed by atoms with Crippen LogP contribution in [0.2, 0.25) is 0 Å². The molecule has 0 aliphatic heterocycles. The summed E-state index contributed by atoms with van der Waals surface area (Å²) in [6.07, 6.45) is -3.83. The molecule has 1 atom stereocenters. The van der Waals surface area contributed by atoms with Crippen LogP contribution in [-0.4, -0.2) is 22.3 Å². The summed E-state index contributed by atoms with van der Waals surface area (Å²) in [4.78, 5) is 11.8. The van der Waals surface area contributed by atoms with Crippen molar-refractivity contribution in [3.05, 3.63) is 35.8 Å². The second-order valence-electron chi connectivity index (χ2n) is 6.90. The number of carbonyl (C=O) groups is 1. The smallest absolute Gasteiger partial charge is 0.419 e. The number of amides is 1. The van der Waals surface area contributed by atoms with Gasteiger partial charge in [-0.3, -0.25) is 0 Å². The zero-order valence-corrected chi connectivity index (χ0v) is 14.4. The van der Waals surface area contributed by atoms with E-state index in [1.54, 1.807) is 33.9 Å². The van der Waals surface area contributed by atoms with Gasteiger partial charge in [0.05, 0.1) is 5.56 Å². The van der Waals surface area contributed by atoms with E-state index < -0.39 is 35.3 Å². The van der Waals surface area contributed by atoms with Crippen molar-refractivity contribution in [2.45, 2.75) is 52.1 Å². The van der Waals surface area contributed by atoms with Crippen LogP contribution in [-0.2, 0) is 17.5 Å². The number of hydrogen-bond donors (Lipinski definition) is 1. The summed E-state index contributed by atoms with van der Waals surface area (Å²) in [7, 11) is 0. The number of ether oxygens (including phenoxy) is 1. The zero-order valence-electron chi connectivity index (χ0n) is 14.4. The molecule has 0 fully saturated rings. The molecular weight excluding hydrogens is 340 g/mol. The molecule has 4 nitrogen and oxygen atoms in total.